The third-order valence-electron chi connectivity index (χ3n) is 6.13. The lowest BCUT2D eigenvalue weighted by atomic mass is 9.71. The number of aliphatic hydroxyl groups excluding tert-OH is 1. The first-order valence-electron chi connectivity index (χ1n) is 10.3. The first-order valence-corrected chi connectivity index (χ1v) is 10.3. The van der Waals surface area contributed by atoms with E-state index in [0.717, 1.165) is 18.4 Å². The van der Waals surface area contributed by atoms with Crippen LogP contribution < -0.4 is 5.32 Å². The van der Waals surface area contributed by atoms with E-state index in [1.54, 1.807) is 12.1 Å². The van der Waals surface area contributed by atoms with Crippen LogP contribution in [0.5, 0.6) is 0 Å². The van der Waals surface area contributed by atoms with Crippen LogP contribution in [0.15, 0.2) is 42.5 Å². The molecule has 9 heteroatoms. The zero-order chi connectivity index (χ0) is 23.5. The second kappa shape index (κ2) is 9.79. The molecule has 2 aliphatic rings. The van der Waals surface area contributed by atoms with E-state index in [-0.39, 0.29) is 11.9 Å². The Morgan fingerprint density at radius 2 is 1.44 bits per heavy atom. The molecular formula is C23H24F7NO. The molecule has 2 unspecified atom stereocenters. The van der Waals surface area contributed by atoms with Gasteiger partial charge < -0.3 is 10.4 Å². The van der Waals surface area contributed by atoms with Gasteiger partial charge in [0.25, 0.3) is 0 Å². The molecule has 2 aromatic rings. The fourth-order valence-corrected chi connectivity index (χ4v) is 4.59. The third kappa shape index (κ3) is 6.01. The average molecular weight is 463 g/mol. The van der Waals surface area contributed by atoms with Gasteiger partial charge in [-0.1, -0.05) is 18.6 Å². The first-order chi connectivity index (χ1) is 15.0. The fraction of sp³-hybridized carbons (Fsp3) is 0.478. The summed E-state index contributed by atoms with van der Waals surface area (Å²) in [7, 11) is 0. The van der Waals surface area contributed by atoms with Crippen molar-refractivity contribution in [1.82, 2.24) is 5.32 Å². The maximum atomic E-state index is 12.9. The van der Waals surface area contributed by atoms with Gasteiger partial charge in [0.2, 0.25) is 0 Å². The van der Waals surface area contributed by atoms with Crippen molar-refractivity contribution in [2.75, 3.05) is 13.1 Å². The molecule has 1 saturated heterocycles. The Bertz CT molecular complexity index is 860. The predicted octanol–water partition coefficient (Wildman–Crippen LogP) is 6.15. The largest absolute Gasteiger partial charge is 0.416 e. The van der Waals surface area contributed by atoms with E-state index < -0.39 is 35.6 Å². The summed E-state index contributed by atoms with van der Waals surface area (Å²) >= 11 is 0. The molecule has 0 bridgehead atoms. The molecule has 0 radical (unpaired) electrons. The van der Waals surface area contributed by atoms with Gasteiger partial charge in [-0.15, -0.1) is 0 Å². The zero-order valence-corrected chi connectivity index (χ0v) is 17.1. The van der Waals surface area contributed by atoms with Crippen molar-refractivity contribution in [3.63, 3.8) is 0 Å². The average Bonchev–Trinajstić information content (AvgIpc) is 3.22. The van der Waals surface area contributed by atoms with Gasteiger partial charge >= 0.3 is 12.4 Å². The summed E-state index contributed by atoms with van der Waals surface area (Å²) in [5.41, 5.74) is -1.94. The van der Waals surface area contributed by atoms with Crippen molar-refractivity contribution < 1.29 is 35.8 Å². The summed E-state index contributed by atoms with van der Waals surface area (Å²) < 4.78 is 86.3. The molecule has 0 amide bonds. The zero-order valence-electron chi connectivity index (χ0n) is 17.1. The van der Waals surface area contributed by atoms with E-state index >= 15 is 0 Å². The molecule has 1 aliphatic carbocycles. The standard InChI is InChI=1S/C14H18FN.C9H6F6O/c15-12-6-4-10(5-7-12)13-3-1-2-11-8-16-9-14(11)13;10-8(11,12)6-1-5(4-16)2-7(3-6)9(13,14)15/h4-7,11,13-14,16H,1-3,8-9H2;1-3,16H,4H2/t11?,13?,14-;/m1./s1. The second-order valence-electron chi connectivity index (χ2n) is 8.24. The van der Waals surface area contributed by atoms with Crippen LogP contribution in [0, 0.1) is 17.7 Å². The molecule has 0 spiro atoms. The number of aliphatic hydroxyl groups is 1. The highest BCUT2D eigenvalue weighted by molar-refractivity contribution is 5.33. The number of hydrogen-bond acceptors (Lipinski definition) is 2. The van der Waals surface area contributed by atoms with Gasteiger partial charge in [0, 0.05) is 0 Å². The van der Waals surface area contributed by atoms with Crippen LogP contribution in [-0.2, 0) is 19.0 Å². The molecule has 176 valence electrons. The Kier molecular flexibility index (Phi) is 7.50. The maximum Gasteiger partial charge on any atom is 0.416 e. The lowest BCUT2D eigenvalue weighted by Crippen LogP contribution is -2.25. The Labute approximate surface area is 181 Å². The number of benzene rings is 2. The lowest BCUT2D eigenvalue weighted by Gasteiger charge is -2.33. The molecular weight excluding hydrogens is 439 g/mol. The summed E-state index contributed by atoms with van der Waals surface area (Å²) in [6.45, 7) is 1.45. The van der Waals surface area contributed by atoms with Gasteiger partial charge in [-0.25, -0.2) is 4.39 Å². The second-order valence-corrected chi connectivity index (χ2v) is 8.24. The summed E-state index contributed by atoms with van der Waals surface area (Å²) in [5, 5.41) is 12.1. The Hall–Kier alpha value is -2.13. The molecule has 1 heterocycles. The normalized spacial score (nSPS) is 23.3. The summed E-state index contributed by atoms with van der Waals surface area (Å²) in [5.74, 6) is 2.15. The summed E-state index contributed by atoms with van der Waals surface area (Å²) in [6.07, 6.45) is -5.77. The molecule has 1 aliphatic heterocycles. The minimum atomic E-state index is -4.87. The SMILES string of the molecule is Fc1ccc(C2CCCC3CNC[C@H]32)cc1.OCc1cc(C(F)(F)F)cc(C(F)(F)F)c1. The van der Waals surface area contributed by atoms with Crippen molar-refractivity contribution in [3.8, 4) is 0 Å². The number of hydrogen-bond donors (Lipinski definition) is 2. The summed E-state index contributed by atoms with van der Waals surface area (Å²) in [4.78, 5) is 0. The first kappa shape index (κ1) is 24.5. The van der Waals surface area contributed by atoms with Crippen molar-refractivity contribution in [2.24, 2.45) is 11.8 Å². The number of alkyl halides is 6. The molecule has 2 aromatic carbocycles. The van der Waals surface area contributed by atoms with E-state index in [9.17, 15) is 30.7 Å². The smallest absolute Gasteiger partial charge is 0.392 e. The number of nitrogens with one attached hydrogen (secondary N) is 1. The number of fused-ring (bicyclic) bond motifs is 1. The monoisotopic (exact) mass is 463 g/mol. The molecule has 3 atom stereocenters. The van der Waals surface area contributed by atoms with E-state index in [2.05, 4.69) is 5.32 Å². The van der Waals surface area contributed by atoms with Gasteiger partial charge in [0.1, 0.15) is 5.82 Å². The van der Waals surface area contributed by atoms with Crippen LogP contribution in [0.3, 0.4) is 0 Å². The quantitative estimate of drug-likeness (QED) is 0.524. The molecule has 2 nitrogen and oxygen atoms in total. The van der Waals surface area contributed by atoms with Crippen LogP contribution in [0.1, 0.15) is 47.4 Å². The molecule has 1 saturated carbocycles. The lowest BCUT2D eigenvalue weighted by molar-refractivity contribution is -0.143. The Morgan fingerprint density at radius 3 is 1.97 bits per heavy atom. The highest BCUT2D eigenvalue weighted by atomic mass is 19.4. The van der Waals surface area contributed by atoms with E-state index in [1.165, 1.54) is 31.4 Å². The summed E-state index contributed by atoms with van der Waals surface area (Å²) in [6, 6.07) is 8.12. The van der Waals surface area contributed by atoms with Crippen LogP contribution >= 0.6 is 0 Å². The minimum absolute atomic E-state index is 0.0131. The van der Waals surface area contributed by atoms with Gasteiger partial charge in [0.05, 0.1) is 17.7 Å². The van der Waals surface area contributed by atoms with Crippen molar-refractivity contribution in [1.29, 1.82) is 0 Å². The maximum absolute atomic E-state index is 12.9. The highest BCUT2D eigenvalue weighted by Gasteiger charge is 2.37. The van der Waals surface area contributed by atoms with E-state index in [0.29, 0.717) is 18.1 Å². The van der Waals surface area contributed by atoms with Crippen LogP contribution in [0.2, 0.25) is 0 Å². The topological polar surface area (TPSA) is 32.3 Å². The highest BCUT2D eigenvalue weighted by Crippen LogP contribution is 2.43. The minimum Gasteiger partial charge on any atom is -0.392 e. The van der Waals surface area contributed by atoms with Gasteiger partial charge in [0.15, 0.2) is 0 Å². The molecule has 0 aromatic heterocycles. The fourth-order valence-electron chi connectivity index (χ4n) is 4.59. The van der Waals surface area contributed by atoms with Crippen molar-refractivity contribution in [3.05, 3.63) is 70.5 Å². The Morgan fingerprint density at radius 1 is 0.844 bits per heavy atom. The van der Waals surface area contributed by atoms with Gasteiger partial charge in [-0.3, -0.25) is 0 Å². The van der Waals surface area contributed by atoms with Gasteiger partial charge in [-0.2, -0.15) is 26.3 Å². The van der Waals surface area contributed by atoms with Crippen molar-refractivity contribution in [2.45, 2.75) is 44.1 Å². The Balaban J connectivity index is 0.000000181. The van der Waals surface area contributed by atoms with Crippen LogP contribution in [-0.4, -0.2) is 18.2 Å². The molecule has 4 rings (SSSR count). The number of rotatable bonds is 2. The van der Waals surface area contributed by atoms with E-state index in [1.807, 2.05) is 12.1 Å². The van der Waals surface area contributed by atoms with Crippen molar-refractivity contribution >= 4 is 0 Å². The van der Waals surface area contributed by atoms with Crippen LogP contribution in [0.4, 0.5) is 30.7 Å². The molecule has 2 fully saturated rings. The number of halogens is 7. The van der Waals surface area contributed by atoms with Gasteiger partial charge in [-0.05, 0) is 85.1 Å². The predicted molar refractivity (Wildman–Crippen MR) is 105 cm³/mol. The molecule has 2 N–H and O–H groups in total. The third-order valence-corrected chi connectivity index (χ3v) is 6.13. The molecule has 32 heavy (non-hydrogen) atoms. The van der Waals surface area contributed by atoms with Crippen LogP contribution in [0.25, 0.3) is 0 Å². The van der Waals surface area contributed by atoms with E-state index in [4.69, 9.17) is 5.11 Å².